The first-order valence-electron chi connectivity index (χ1n) is 10.8. The molecule has 35 heavy (non-hydrogen) atoms. The first-order valence-corrected chi connectivity index (χ1v) is 13.8. The molecule has 0 spiro atoms. The van der Waals surface area contributed by atoms with E-state index in [-0.39, 0.29) is 16.4 Å². The normalized spacial score (nSPS) is 13.7. The number of anilines is 2. The number of carbonyl (C=O) groups is 1. The number of nitrogens with one attached hydrogen (secondary N) is 1. The van der Waals surface area contributed by atoms with E-state index in [2.05, 4.69) is 5.32 Å². The number of primary sulfonamides is 1. The zero-order chi connectivity index (χ0) is 25.2. The van der Waals surface area contributed by atoms with Crippen LogP contribution in [-0.4, -0.2) is 35.9 Å². The first-order chi connectivity index (χ1) is 16.6. The molecule has 0 bridgehead atoms. The van der Waals surface area contributed by atoms with Crippen molar-refractivity contribution in [3.8, 4) is 5.75 Å². The van der Waals surface area contributed by atoms with Gasteiger partial charge in [0.1, 0.15) is 5.75 Å². The molecule has 3 N–H and O–H groups in total. The zero-order valence-corrected chi connectivity index (χ0v) is 20.6. The summed E-state index contributed by atoms with van der Waals surface area (Å²) < 4.78 is 56.3. The van der Waals surface area contributed by atoms with Crippen LogP contribution >= 0.6 is 0 Å². The van der Waals surface area contributed by atoms with Gasteiger partial charge in [0.15, 0.2) is 6.61 Å². The Kier molecular flexibility index (Phi) is 6.84. The maximum Gasteiger partial charge on any atom is 0.264 e. The van der Waals surface area contributed by atoms with E-state index < -0.39 is 26.0 Å². The van der Waals surface area contributed by atoms with Crippen LogP contribution in [0.5, 0.6) is 5.75 Å². The SMILES string of the molecule is Cc1cc(S(=O)(=O)N2CCCc3ccccc32)ccc1OCC(=O)Nc1ccc(S(N)(=O)=O)cc1. The Labute approximate surface area is 204 Å². The molecule has 0 saturated carbocycles. The van der Waals surface area contributed by atoms with E-state index in [1.165, 1.54) is 46.8 Å². The second-order valence-electron chi connectivity index (χ2n) is 8.14. The van der Waals surface area contributed by atoms with Crippen LogP contribution in [0, 0.1) is 6.92 Å². The molecular formula is C24H25N3O6S2. The molecular weight excluding hydrogens is 490 g/mol. The molecule has 184 valence electrons. The maximum atomic E-state index is 13.3. The Bertz CT molecular complexity index is 1470. The van der Waals surface area contributed by atoms with Gasteiger partial charge in [-0.1, -0.05) is 18.2 Å². The highest BCUT2D eigenvalue weighted by molar-refractivity contribution is 7.92. The number of benzene rings is 3. The fraction of sp³-hybridized carbons (Fsp3) is 0.208. The molecule has 3 aromatic rings. The number of rotatable bonds is 7. The van der Waals surface area contributed by atoms with Crippen LogP contribution in [0.25, 0.3) is 0 Å². The van der Waals surface area contributed by atoms with Crippen LogP contribution in [-0.2, 0) is 31.3 Å². The summed E-state index contributed by atoms with van der Waals surface area (Å²) in [6.45, 7) is 1.81. The fourth-order valence-electron chi connectivity index (χ4n) is 3.89. The van der Waals surface area contributed by atoms with Gasteiger partial charge in [-0.25, -0.2) is 22.0 Å². The maximum absolute atomic E-state index is 13.3. The predicted molar refractivity (Wildman–Crippen MR) is 132 cm³/mol. The quantitative estimate of drug-likeness (QED) is 0.497. The Morgan fingerprint density at radius 2 is 1.69 bits per heavy atom. The van der Waals surface area contributed by atoms with Gasteiger partial charge in [0, 0.05) is 12.2 Å². The highest BCUT2D eigenvalue weighted by Gasteiger charge is 2.29. The first kappa shape index (κ1) is 24.7. The summed E-state index contributed by atoms with van der Waals surface area (Å²) in [6.07, 6.45) is 1.59. The smallest absolute Gasteiger partial charge is 0.264 e. The third kappa shape index (κ3) is 5.47. The van der Waals surface area contributed by atoms with Crippen LogP contribution in [0.4, 0.5) is 11.4 Å². The summed E-state index contributed by atoms with van der Waals surface area (Å²) in [5.41, 5.74) is 2.66. The minimum absolute atomic E-state index is 0.0644. The average Bonchev–Trinajstić information content (AvgIpc) is 2.82. The minimum Gasteiger partial charge on any atom is -0.483 e. The van der Waals surface area contributed by atoms with Crippen LogP contribution in [0.15, 0.2) is 76.5 Å². The molecule has 1 heterocycles. The molecule has 4 rings (SSSR count). The molecule has 1 aliphatic rings. The molecule has 0 aromatic heterocycles. The van der Waals surface area contributed by atoms with Crippen molar-refractivity contribution in [1.29, 1.82) is 0 Å². The van der Waals surface area contributed by atoms with Crippen molar-refractivity contribution in [3.05, 3.63) is 77.9 Å². The Hall–Kier alpha value is -3.41. The molecule has 1 amide bonds. The van der Waals surface area contributed by atoms with Gasteiger partial charge in [0.05, 0.1) is 15.5 Å². The number of para-hydroxylation sites is 1. The van der Waals surface area contributed by atoms with Crippen molar-refractivity contribution >= 4 is 37.3 Å². The third-order valence-corrected chi connectivity index (χ3v) is 8.37. The number of amides is 1. The molecule has 9 nitrogen and oxygen atoms in total. The van der Waals surface area contributed by atoms with E-state index in [1.807, 2.05) is 24.3 Å². The monoisotopic (exact) mass is 515 g/mol. The summed E-state index contributed by atoms with van der Waals surface area (Å²) in [4.78, 5) is 12.3. The van der Waals surface area contributed by atoms with Gasteiger partial charge in [-0.3, -0.25) is 9.10 Å². The van der Waals surface area contributed by atoms with E-state index in [4.69, 9.17) is 9.88 Å². The van der Waals surface area contributed by atoms with Gasteiger partial charge in [-0.15, -0.1) is 0 Å². The van der Waals surface area contributed by atoms with Gasteiger partial charge < -0.3 is 10.1 Å². The molecule has 11 heteroatoms. The Morgan fingerprint density at radius 1 is 1.00 bits per heavy atom. The summed E-state index contributed by atoms with van der Waals surface area (Å²) in [5, 5.41) is 7.66. The topological polar surface area (TPSA) is 136 Å². The lowest BCUT2D eigenvalue weighted by atomic mass is 10.0. The summed E-state index contributed by atoms with van der Waals surface area (Å²) in [7, 11) is -7.57. The lowest BCUT2D eigenvalue weighted by molar-refractivity contribution is -0.118. The summed E-state index contributed by atoms with van der Waals surface area (Å²) in [5.74, 6) is -0.0860. The molecule has 0 atom stereocenters. The van der Waals surface area contributed by atoms with Gasteiger partial charge in [0.25, 0.3) is 15.9 Å². The number of carbonyl (C=O) groups excluding carboxylic acids is 1. The Balaban J connectivity index is 1.43. The molecule has 0 radical (unpaired) electrons. The van der Waals surface area contributed by atoms with Crippen molar-refractivity contribution < 1.29 is 26.4 Å². The summed E-state index contributed by atoms with van der Waals surface area (Å²) >= 11 is 0. The highest BCUT2D eigenvalue weighted by Crippen LogP contribution is 2.33. The van der Waals surface area contributed by atoms with Crippen molar-refractivity contribution in [2.24, 2.45) is 5.14 Å². The molecule has 0 fully saturated rings. The van der Waals surface area contributed by atoms with Crippen molar-refractivity contribution in [2.45, 2.75) is 29.6 Å². The van der Waals surface area contributed by atoms with E-state index in [9.17, 15) is 21.6 Å². The van der Waals surface area contributed by atoms with Crippen LogP contribution in [0.1, 0.15) is 17.5 Å². The molecule has 1 aliphatic heterocycles. The fourth-order valence-corrected chi connectivity index (χ4v) is 6.03. The lowest BCUT2D eigenvalue weighted by Crippen LogP contribution is -2.35. The number of aryl methyl sites for hydroxylation is 2. The number of sulfonamides is 2. The van der Waals surface area contributed by atoms with Crippen LogP contribution in [0.2, 0.25) is 0 Å². The average molecular weight is 516 g/mol. The summed E-state index contributed by atoms with van der Waals surface area (Å²) in [6, 6.07) is 17.4. The molecule has 0 unspecified atom stereocenters. The number of hydrogen-bond donors (Lipinski definition) is 2. The van der Waals surface area contributed by atoms with E-state index in [1.54, 1.807) is 6.92 Å². The second-order valence-corrected chi connectivity index (χ2v) is 11.6. The van der Waals surface area contributed by atoms with E-state index >= 15 is 0 Å². The Morgan fingerprint density at radius 3 is 2.37 bits per heavy atom. The number of nitrogens with zero attached hydrogens (tertiary/aromatic N) is 1. The van der Waals surface area contributed by atoms with Gasteiger partial charge in [-0.2, -0.15) is 0 Å². The van der Waals surface area contributed by atoms with Gasteiger partial charge in [-0.05, 0) is 79.4 Å². The molecule has 3 aromatic carbocycles. The van der Waals surface area contributed by atoms with Gasteiger partial charge >= 0.3 is 0 Å². The number of nitrogens with two attached hydrogens (primary N) is 1. The largest absolute Gasteiger partial charge is 0.483 e. The van der Waals surface area contributed by atoms with Crippen molar-refractivity contribution in [3.63, 3.8) is 0 Å². The van der Waals surface area contributed by atoms with Crippen LogP contribution in [0.3, 0.4) is 0 Å². The van der Waals surface area contributed by atoms with E-state index in [0.29, 0.717) is 29.2 Å². The van der Waals surface area contributed by atoms with E-state index in [0.717, 1.165) is 18.4 Å². The molecule has 0 aliphatic carbocycles. The standard InChI is InChI=1S/C24H25N3O6S2/c1-17-15-21(35(31,32)27-14-4-6-18-5-2-3-7-22(18)27)12-13-23(17)33-16-24(28)26-19-8-10-20(11-9-19)34(25,29)30/h2-3,5,7-13,15H,4,6,14,16H2,1H3,(H,26,28)(H2,25,29,30). The molecule has 0 saturated heterocycles. The van der Waals surface area contributed by atoms with Crippen molar-refractivity contribution in [2.75, 3.05) is 22.8 Å². The lowest BCUT2D eigenvalue weighted by Gasteiger charge is -2.30. The van der Waals surface area contributed by atoms with Crippen molar-refractivity contribution in [1.82, 2.24) is 0 Å². The number of hydrogen-bond acceptors (Lipinski definition) is 6. The number of ether oxygens (including phenoxy) is 1. The predicted octanol–water partition coefficient (Wildman–Crippen LogP) is 2.80. The second kappa shape index (κ2) is 9.68. The highest BCUT2D eigenvalue weighted by atomic mass is 32.2. The third-order valence-electron chi connectivity index (χ3n) is 5.63. The number of fused-ring (bicyclic) bond motifs is 1. The van der Waals surface area contributed by atoms with Gasteiger partial charge in [0.2, 0.25) is 10.0 Å². The minimum atomic E-state index is -3.82. The zero-order valence-electron chi connectivity index (χ0n) is 19.0. The van der Waals surface area contributed by atoms with Crippen LogP contribution < -0.4 is 19.5 Å².